The van der Waals surface area contributed by atoms with Crippen molar-refractivity contribution in [3.63, 3.8) is 0 Å². The molecule has 4 N–H and O–H groups in total. The smallest absolute Gasteiger partial charge is 0.222 e. The number of anilines is 2. The number of fused-ring (bicyclic) bond motifs is 1. The Bertz CT molecular complexity index is 370. The molecule has 2 rings (SSSR count). The molecule has 1 aromatic heterocycles. The normalized spacial score (nSPS) is 19.9. The average molecular weight is 176 g/mol. The van der Waals surface area contributed by atoms with E-state index in [0.717, 1.165) is 17.7 Å². The van der Waals surface area contributed by atoms with E-state index in [0.29, 0.717) is 11.7 Å². The molecule has 1 atom stereocenters. The molecule has 13 heavy (non-hydrogen) atoms. The highest BCUT2D eigenvalue weighted by atomic mass is 15.0. The molecular formula is C9H12N4. The van der Waals surface area contributed by atoms with E-state index in [1.54, 1.807) is 0 Å². The van der Waals surface area contributed by atoms with Gasteiger partial charge in [0.1, 0.15) is 5.82 Å². The average Bonchev–Trinajstić information content (AvgIpc) is 2.06. The van der Waals surface area contributed by atoms with Gasteiger partial charge < -0.3 is 11.5 Å². The number of allylic oxidation sites excluding steroid dienone is 1. The fraction of sp³-hybridized carbons (Fsp3) is 0.333. The van der Waals surface area contributed by atoms with E-state index in [2.05, 4.69) is 23.0 Å². The zero-order valence-corrected chi connectivity index (χ0v) is 7.49. The molecule has 4 heteroatoms. The maximum Gasteiger partial charge on any atom is 0.222 e. The van der Waals surface area contributed by atoms with Crippen molar-refractivity contribution in [1.82, 2.24) is 9.97 Å². The lowest BCUT2D eigenvalue weighted by molar-refractivity contribution is 0.711. The van der Waals surface area contributed by atoms with Crippen molar-refractivity contribution in [2.45, 2.75) is 13.3 Å². The molecule has 0 saturated carbocycles. The lowest BCUT2D eigenvalue weighted by Gasteiger charge is -2.16. The highest BCUT2D eigenvalue weighted by Crippen LogP contribution is 2.25. The molecule has 0 amide bonds. The van der Waals surface area contributed by atoms with Crippen LogP contribution >= 0.6 is 0 Å². The molecule has 1 heterocycles. The third kappa shape index (κ3) is 1.35. The number of nitrogen functional groups attached to an aromatic ring is 2. The van der Waals surface area contributed by atoms with Crippen LogP contribution in [-0.4, -0.2) is 9.97 Å². The van der Waals surface area contributed by atoms with Crippen LogP contribution in [0.1, 0.15) is 18.2 Å². The molecular weight excluding hydrogens is 164 g/mol. The minimum Gasteiger partial charge on any atom is -0.383 e. The number of hydrogen-bond acceptors (Lipinski definition) is 4. The molecule has 1 aromatic rings. The maximum absolute atomic E-state index is 5.74. The van der Waals surface area contributed by atoms with E-state index in [1.807, 2.05) is 6.08 Å². The van der Waals surface area contributed by atoms with E-state index in [4.69, 9.17) is 11.5 Å². The second-order valence-electron chi connectivity index (χ2n) is 3.37. The highest BCUT2D eigenvalue weighted by molar-refractivity contribution is 5.61. The molecule has 4 nitrogen and oxygen atoms in total. The quantitative estimate of drug-likeness (QED) is 0.614. The summed E-state index contributed by atoms with van der Waals surface area (Å²) in [4.78, 5) is 8.04. The van der Waals surface area contributed by atoms with Crippen molar-refractivity contribution < 1.29 is 0 Å². The molecule has 1 aliphatic rings. The zero-order chi connectivity index (χ0) is 9.42. The Hall–Kier alpha value is -1.58. The molecule has 0 spiro atoms. The van der Waals surface area contributed by atoms with Crippen LogP contribution in [0.5, 0.6) is 0 Å². The maximum atomic E-state index is 5.74. The van der Waals surface area contributed by atoms with Gasteiger partial charge in [0.05, 0.1) is 5.69 Å². The summed E-state index contributed by atoms with van der Waals surface area (Å²) in [5.74, 6) is 1.26. The first-order valence-electron chi connectivity index (χ1n) is 4.27. The summed E-state index contributed by atoms with van der Waals surface area (Å²) in [6, 6.07) is 0. The van der Waals surface area contributed by atoms with Crippen molar-refractivity contribution >= 4 is 17.8 Å². The van der Waals surface area contributed by atoms with E-state index in [-0.39, 0.29) is 5.95 Å². The van der Waals surface area contributed by atoms with Crippen molar-refractivity contribution in [2.75, 3.05) is 11.5 Å². The SMILES string of the molecule is C[C@H]1C=Cc2nc(N)nc(N)c2C1. The van der Waals surface area contributed by atoms with Gasteiger partial charge in [-0.25, -0.2) is 4.98 Å². The largest absolute Gasteiger partial charge is 0.383 e. The summed E-state index contributed by atoms with van der Waals surface area (Å²) in [6.07, 6.45) is 4.96. The number of hydrogen-bond donors (Lipinski definition) is 2. The molecule has 68 valence electrons. The van der Waals surface area contributed by atoms with E-state index in [1.165, 1.54) is 0 Å². The highest BCUT2D eigenvalue weighted by Gasteiger charge is 2.15. The van der Waals surface area contributed by atoms with Gasteiger partial charge in [-0.3, -0.25) is 0 Å². The number of aromatic nitrogens is 2. The minimum atomic E-state index is 0.246. The summed E-state index contributed by atoms with van der Waals surface area (Å²) in [5, 5.41) is 0. The zero-order valence-electron chi connectivity index (χ0n) is 7.49. The van der Waals surface area contributed by atoms with Gasteiger partial charge in [-0.1, -0.05) is 13.0 Å². The second-order valence-corrected chi connectivity index (χ2v) is 3.37. The molecule has 0 unspecified atom stereocenters. The lowest BCUT2D eigenvalue weighted by atomic mass is 9.94. The van der Waals surface area contributed by atoms with Crippen LogP contribution in [-0.2, 0) is 6.42 Å². The Morgan fingerprint density at radius 3 is 2.92 bits per heavy atom. The number of nitrogens with two attached hydrogens (primary N) is 2. The lowest BCUT2D eigenvalue weighted by Crippen LogP contribution is -2.12. The second kappa shape index (κ2) is 2.73. The Morgan fingerprint density at radius 2 is 2.15 bits per heavy atom. The summed E-state index contributed by atoms with van der Waals surface area (Å²) < 4.78 is 0. The molecule has 1 aliphatic carbocycles. The summed E-state index contributed by atoms with van der Waals surface area (Å²) in [6.45, 7) is 2.13. The molecule has 0 aromatic carbocycles. The van der Waals surface area contributed by atoms with E-state index in [9.17, 15) is 0 Å². The fourth-order valence-electron chi connectivity index (χ4n) is 1.53. The van der Waals surface area contributed by atoms with Crippen molar-refractivity contribution in [3.8, 4) is 0 Å². The van der Waals surface area contributed by atoms with Gasteiger partial charge >= 0.3 is 0 Å². The van der Waals surface area contributed by atoms with Gasteiger partial charge in [0, 0.05) is 5.56 Å². The molecule has 0 saturated heterocycles. The first-order chi connectivity index (χ1) is 6.16. The Morgan fingerprint density at radius 1 is 1.38 bits per heavy atom. The van der Waals surface area contributed by atoms with Gasteiger partial charge in [0.2, 0.25) is 5.95 Å². The molecule has 0 radical (unpaired) electrons. The topological polar surface area (TPSA) is 77.8 Å². The third-order valence-corrected chi connectivity index (χ3v) is 2.20. The predicted molar refractivity (Wildman–Crippen MR) is 52.8 cm³/mol. The van der Waals surface area contributed by atoms with Gasteiger partial charge in [-0.2, -0.15) is 4.98 Å². The molecule has 0 aliphatic heterocycles. The van der Waals surface area contributed by atoms with Gasteiger partial charge in [-0.15, -0.1) is 0 Å². The summed E-state index contributed by atoms with van der Waals surface area (Å²) >= 11 is 0. The van der Waals surface area contributed by atoms with Gasteiger partial charge in [0.15, 0.2) is 0 Å². The van der Waals surface area contributed by atoms with Crippen LogP contribution in [0, 0.1) is 5.92 Å². The Labute approximate surface area is 76.7 Å². The van der Waals surface area contributed by atoms with Crippen LogP contribution in [0.25, 0.3) is 6.08 Å². The van der Waals surface area contributed by atoms with Crippen molar-refractivity contribution in [2.24, 2.45) is 5.92 Å². The van der Waals surface area contributed by atoms with Crippen LogP contribution in [0.15, 0.2) is 6.08 Å². The van der Waals surface area contributed by atoms with Gasteiger partial charge in [0.25, 0.3) is 0 Å². The Kier molecular flexibility index (Phi) is 1.69. The summed E-state index contributed by atoms with van der Waals surface area (Å²) in [5.41, 5.74) is 13.1. The number of nitrogens with zero attached hydrogens (tertiary/aromatic N) is 2. The van der Waals surface area contributed by atoms with Crippen LogP contribution in [0.2, 0.25) is 0 Å². The van der Waals surface area contributed by atoms with Crippen molar-refractivity contribution in [3.05, 3.63) is 17.3 Å². The first-order valence-corrected chi connectivity index (χ1v) is 4.27. The minimum absolute atomic E-state index is 0.246. The van der Waals surface area contributed by atoms with Crippen LogP contribution in [0.3, 0.4) is 0 Å². The van der Waals surface area contributed by atoms with E-state index < -0.39 is 0 Å². The van der Waals surface area contributed by atoms with Gasteiger partial charge in [-0.05, 0) is 18.4 Å². The fourth-order valence-corrected chi connectivity index (χ4v) is 1.53. The van der Waals surface area contributed by atoms with Crippen molar-refractivity contribution in [1.29, 1.82) is 0 Å². The number of rotatable bonds is 0. The molecule has 0 fully saturated rings. The van der Waals surface area contributed by atoms with Crippen LogP contribution < -0.4 is 11.5 Å². The molecule has 0 bridgehead atoms. The Balaban J connectivity index is 2.56. The van der Waals surface area contributed by atoms with E-state index >= 15 is 0 Å². The predicted octanol–water partition coefficient (Wildman–Crippen LogP) is 0.846. The summed E-state index contributed by atoms with van der Waals surface area (Å²) in [7, 11) is 0. The monoisotopic (exact) mass is 176 g/mol. The van der Waals surface area contributed by atoms with Crippen LogP contribution in [0.4, 0.5) is 11.8 Å². The standard InChI is InChI=1S/C9H12N4/c1-5-2-3-7-6(4-5)8(10)13-9(11)12-7/h2-3,5H,4H2,1H3,(H4,10,11,12,13)/t5-/m0/s1. The third-order valence-electron chi connectivity index (χ3n) is 2.20. The first kappa shape index (κ1) is 8.04.